The number of carbonyl (C=O) groups excluding carboxylic acids is 1. The molecule has 2 heterocycles. The number of nitrogens with one attached hydrogen (secondary N) is 1. The lowest BCUT2D eigenvalue weighted by atomic mass is 10.1. The molecule has 0 bridgehead atoms. The van der Waals surface area contributed by atoms with Gasteiger partial charge in [-0.05, 0) is 49.1 Å². The van der Waals surface area contributed by atoms with Crippen LogP contribution in [-0.4, -0.2) is 30.8 Å². The molecule has 0 unspecified atom stereocenters. The van der Waals surface area contributed by atoms with Crippen LogP contribution >= 0.6 is 0 Å². The molecule has 0 fully saturated rings. The summed E-state index contributed by atoms with van der Waals surface area (Å²) in [6.07, 6.45) is 7.61. The van der Waals surface area contributed by atoms with Crippen molar-refractivity contribution in [2.24, 2.45) is 0 Å². The van der Waals surface area contributed by atoms with E-state index in [1.807, 2.05) is 35.1 Å². The topological polar surface area (TPSA) is 138 Å². The molecular weight excluding hydrogens is 459 g/mol. The van der Waals surface area contributed by atoms with Crippen molar-refractivity contribution in [2.45, 2.75) is 32.4 Å². The van der Waals surface area contributed by atoms with Crippen LogP contribution in [0.5, 0.6) is 5.75 Å². The SMILES string of the molecule is O=C(Nc1ccc(F)c([N+](=O)[O-])c1)c1coc(COc2ccc(CCCCn3ccnn3)cc2)n1. The van der Waals surface area contributed by atoms with Crippen LogP contribution in [0.3, 0.4) is 0 Å². The number of ether oxygens (including phenoxy) is 1. The molecule has 4 aromatic rings. The summed E-state index contributed by atoms with van der Waals surface area (Å²) in [4.78, 5) is 26.4. The van der Waals surface area contributed by atoms with Gasteiger partial charge in [-0.15, -0.1) is 5.10 Å². The fourth-order valence-corrected chi connectivity index (χ4v) is 3.26. The normalized spacial score (nSPS) is 10.8. The van der Waals surface area contributed by atoms with Crippen molar-refractivity contribution in [1.29, 1.82) is 0 Å². The smallest absolute Gasteiger partial charge is 0.306 e. The zero-order valence-electron chi connectivity index (χ0n) is 18.5. The average Bonchev–Trinajstić information content (AvgIpc) is 3.55. The number of rotatable bonds is 11. The molecule has 11 nitrogen and oxygen atoms in total. The van der Waals surface area contributed by atoms with Gasteiger partial charge in [0.05, 0.1) is 11.1 Å². The molecule has 2 aromatic heterocycles. The predicted octanol–water partition coefficient (Wildman–Crippen LogP) is 4.17. The van der Waals surface area contributed by atoms with Crippen molar-refractivity contribution >= 4 is 17.3 Å². The van der Waals surface area contributed by atoms with E-state index in [2.05, 4.69) is 20.6 Å². The number of nitrogens with zero attached hydrogens (tertiary/aromatic N) is 5. The first-order valence-electron chi connectivity index (χ1n) is 10.7. The van der Waals surface area contributed by atoms with Crippen molar-refractivity contribution in [2.75, 3.05) is 5.32 Å². The van der Waals surface area contributed by atoms with Gasteiger partial charge in [0.1, 0.15) is 12.0 Å². The third-order valence-corrected chi connectivity index (χ3v) is 5.05. The van der Waals surface area contributed by atoms with E-state index in [4.69, 9.17) is 9.15 Å². The molecule has 0 atom stereocenters. The van der Waals surface area contributed by atoms with E-state index in [0.717, 1.165) is 44.2 Å². The Morgan fingerprint density at radius 1 is 1.20 bits per heavy atom. The zero-order chi connectivity index (χ0) is 24.6. The molecule has 0 aliphatic rings. The number of hydrogen-bond acceptors (Lipinski definition) is 8. The number of nitro benzene ring substituents is 1. The number of carbonyl (C=O) groups is 1. The van der Waals surface area contributed by atoms with Crippen LogP contribution in [0.25, 0.3) is 0 Å². The minimum atomic E-state index is -0.995. The van der Waals surface area contributed by atoms with E-state index in [9.17, 15) is 19.3 Å². The monoisotopic (exact) mass is 480 g/mol. The molecular formula is C23H21FN6O5. The van der Waals surface area contributed by atoms with E-state index < -0.39 is 22.3 Å². The third kappa shape index (κ3) is 6.47. The number of anilines is 1. The molecule has 180 valence electrons. The Hall–Kier alpha value is -4.61. The second-order valence-electron chi connectivity index (χ2n) is 7.56. The highest BCUT2D eigenvalue weighted by molar-refractivity contribution is 6.02. The highest BCUT2D eigenvalue weighted by Crippen LogP contribution is 2.22. The van der Waals surface area contributed by atoms with Crippen molar-refractivity contribution in [3.05, 3.63) is 94.2 Å². The molecule has 12 heteroatoms. The number of halogens is 1. The van der Waals surface area contributed by atoms with Crippen LogP contribution in [0.15, 0.2) is 65.5 Å². The van der Waals surface area contributed by atoms with Gasteiger partial charge in [-0.2, -0.15) is 4.39 Å². The molecule has 0 radical (unpaired) electrons. The van der Waals surface area contributed by atoms with Crippen LogP contribution in [0, 0.1) is 15.9 Å². The molecule has 35 heavy (non-hydrogen) atoms. The first-order chi connectivity index (χ1) is 17.0. The first-order valence-corrected chi connectivity index (χ1v) is 10.7. The van der Waals surface area contributed by atoms with Gasteiger partial charge in [-0.1, -0.05) is 17.3 Å². The van der Waals surface area contributed by atoms with Gasteiger partial charge in [-0.3, -0.25) is 19.6 Å². The van der Waals surface area contributed by atoms with E-state index in [1.165, 1.54) is 11.6 Å². The maximum Gasteiger partial charge on any atom is 0.306 e. The van der Waals surface area contributed by atoms with E-state index >= 15 is 0 Å². The predicted molar refractivity (Wildman–Crippen MR) is 121 cm³/mol. The zero-order valence-corrected chi connectivity index (χ0v) is 18.5. The summed E-state index contributed by atoms with van der Waals surface area (Å²) in [5, 5.41) is 21.0. The maximum absolute atomic E-state index is 13.4. The van der Waals surface area contributed by atoms with Crippen LogP contribution in [0.1, 0.15) is 34.8 Å². The van der Waals surface area contributed by atoms with Crippen LogP contribution in [0.2, 0.25) is 0 Å². The molecule has 4 rings (SSSR count). The Labute approximate surface area is 198 Å². The minimum absolute atomic E-state index is 0.00650. The fourth-order valence-electron chi connectivity index (χ4n) is 3.26. The largest absolute Gasteiger partial charge is 0.484 e. The fraction of sp³-hybridized carbons (Fsp3) is 0.217. The molecule has 1 amide bonds. The summed E-state index contributed by atoms with van der Waals surface area (Å²) < 4.78 is 26.2. The lowest BCUT2D eigenvalue weighted by molar-refractivity contribution is -0.387. The Morgan fingerprint density at radius 2 is 2.03 bits per heavy atom. The number of nitro groups is 1. The Morgan fingerprint density at radius 3 is 2.77 bits per heavy atom. The van der Waals surface area contributed by atoms with Crippen LogP contribution in [0.4, 0.5) is 15.8 Å². The van der Waals surface area contributed by atoms with Gasteiger partial charge >= 0.3 is 5.69 Å². The summed E-state index contributed by atoms with van der Waals surface area (Å²) in [5.74, 6) is -0.851. The van der Waals surface area contributed by atoms with E-state index in [-0.39, 0.29) is 23.9 Å². The molecule has 0 saturated heterocycles. The van der Waals surface area contributed by atoms with Crippen molar-refractivity contribution in [3.63, 3.8) is 0 Å². The number of aromatic nitrogens is 4. The summed E-state index contributed by atoms with van der Waals surface area (Å²) in [7, 11) is 0. The van der Waals surface area contributed by atoms with Gasteiger partial charge in [0, 0.05) is 24.5 Å². The summed E-state index contributed by atoms with van der Waals surface area (Å²) in [6, 6.07) is 10.7. The van der Waals surface area contributed by atoms with Crippen LogP contribution < -0.4 is 10.1 Å². The molecule has 1 N–H and O–H groups in total. The van der Waals surface area contributed by atoms with Crippen LogP contribution in [-0.2, 0) is 19.6 Å². The molecule has 0 saturated carbocycles. The Balaban J connectivity index is 1.24. The van der Waals surface area contributed by atoms with E-state index in [0.29, 0.717) is 5.75 Å². The number of amides is 1. The van der Waals surface area contributed by atoms with Gasteiger partial charge in [0.15, 0.2) is 12.3 Å². The number of hydrogen-bond donors (Lipinski definition) is 1. The molecule has 0 aliphatic carbocycles. The minimum Gasteiger partial charge on any atom is -0.484 e. The van der Waals surface area contributed by atoms with Gasteiger partial charge in [0.25, 0.3) is 5.91 Å². The number of oxazole rings is 1. The first kappa shape index (κ1) is 23.5. The van der Waals surface area contributed by atoms with Crippen molar-refractivity contribution in [1.82, 2.24) is 20.0 Å². The lowest BCUT2D eigenvalue weighted by Gasteiger charge is -2.06. The maximum atomic E-state index is 13.4. The number of benzene rings is 2. The summed E-state index contributed by atoms with van der Waals surface area (Å²) >= 11 is 0. The number of aryl methyl sites for hydroxylation is 2. The molecule has 0 aliphatic heterocycles. The second kappa shape index (κ2) is 11.0. The summed E-state index contributed by atoms with van der Waals surface area (Å²) in [6.45, 7) is 0.841. The lowest BCUT2D eigenvalue weighted by Crippen LogP contribution is -2.13. The van der Waals surface area contributed by atoms with Crippen molar-refractivity contribution in [3.8, 4) is 5.75 Å². The molecule has 2 aromatic carbocycles. The van der Waals surface area contributed by atoms with Gasteiger partial charge in [0.2, 0.25) is 11.7 Å². The highest BCUT2D eigenvalue weighted by Gasteiger charge is 2.17. The summed E-state index contributed by atoms with van der Waals surface area (Å²) in [5.41, 5.74) is 0.459. The highest BCUT2D eigenvalue weighted by atomic mass is 19.1. The Bertz CT molecular complexity index is 1290. The van der Waals surface area contributed by atoms with E-state index in [1.54, 1.807) is 6.20 Å². The second-order valence-corrected chi connectivity index (χ2v) is 7.56. The number of unbranched alkanes of at least 4 members (excludes halogenated alkanes) is 1. The van der Waals surface area contributed by atoms with Gasteiger partial charge < -0.3 is 14.5 Å². The van der Waals surface area contributed by atoms with Gasteiger partial charge in [-0.25, -0.2) is 4.98 Å². The standard InChI is InChI=1S/C23H21FN6O5/c24-19-9-6-17(13-21(19)30(32)33)26-23(31)20-14-35-22(27-20)15-34-18-7-4-16(5-8-18)3-1-2-11-29-12-10-25-28-29/h4-10,12-14H,1-3,11,15H2,(H,26,31). The van der Waals surface area contributed by atoms with Crippen molar-refractivity contribution < 1.29 is 23.3 Å². The third-order valence-electron chi connectivity index (χ3n) is 5.05. The average molecular weight is 480 g/mol. The Kier molecular flexibility index (Phi) is 7.40. The quantitative estimate of drug-likeness (QED) is 0.192. The molecule has 0 spiro atoms.